The number of hydrogen-bond donors (Lipinski definition) is 2. The van der Waals surface area contributed by atoms with Gasteiger partial charge in [0.05, 0.1) is 18.8 Å². The lowest BCUT2D eigenvalue weighted by atomic mass is 10.2. The van der Waals surface area contributed by atoms with Gasteiger partial charge in [0.25, 0.3) is 0 Å². The number of para-hydroxylation sites is 2. The van der Waals surface area contributed by atoms with Gasteiger partial charge in [0.2, 0.25) is 5.91 Å². The van der Waals surface area contributed by atoms with E-state index >= 15 is 0 Å². The van der Waals surface area contributed by atoms with E-state index in [1.807, 2.05) is 44.0 Å². The van der Waals surface area contributed by atoms with E-state index < -0.39 is 6.03 Å². The number of fused-ring (bicyclic) bond motifs is 1. The summed E-state index contributed by atoms with van der Waals surface area (Å²) in [5, 5.41) is 5.03. The highest BCUT2D eigenvalue weighted by Gasteiger charge is 2.26. The average Bonchev–Trinajstić information content (AvgIpc) is 2.58. The number of rotatable bonds is 7. The van der Waals surface area contributed by atoms with Gasteiger partial charge >= 0.3 is 6.03 Å². The number of carbonyl (C=O) groups is 2. The van der Waals surface area contributed by atoms with Crippen LogP contribution in [-0.2, 0) is 4.79 Å². The van der Waals surface area contributed by atoms with Crippen LogP contribution in [-0.4, -0.2) is 62.7 Å². The van der Waals surface area contributed by atoms with E-state index in [1.54, 1.807) is 0 Å². The number of amides is 3. The Balaban J connectivity index is 1.81. The van der Waals surface area contributed by atoms with Gasteiger partial charge < -0.3 is 15.0 Å². The predicted molar refractivity (Wildman–Crippen MR) is 103 cm³/mol. The predicted octanol–water partition coefficient (Wildman–Crippen LogP) is 1.69. The van der Waals surface area contributed by atoms with Crippen LogP contribution in [0.1, 0.15) is 20.8 Å². The second-order valence-electron chi connectivity index (χ2n) is 7.10. The molecule has 0 saturated carbocycles. The van der Waals surface area contributed by atoms with Crippen molar-refractivity contribution in [3.05, 3.63) is 24.3 Å². The van der Waals surface area contributed by atoms with Gasteiger partial charge in [-0.1, -0.05) is 26.0 Å². The van der Waals surface area contributed by atoms with Gasteiger partial charge in [-0.2, -0.15) is 0 Å². The van der Waals surface area contributed by atoms with E-state index in [0.29, 0.717) is 19.0 Å². The lowest BCUT2D eigenvalue weighted by Gasteiger charge is -2.37. The molecule has 0 saturated heterocycles. The highest BCUT2D eigenvalue weighted by atomic mass is 16.5. The second-order valence-corrected chi connectivity index (χ2v) is 7.10. The SMILES string of the molecule is CCN1CC(CN(C)CC(=O)NC(=O)NCC(C)C)Oc2ccccc21. The number of ether oxygens (including phenoxy) is 1. The molecule has 0 spiro atoms. The molecule has 2 rings (SSSR count). The van der Waals surface area contributed by atoms with Crippen molar-refractivity contribution in [3.63, 3.8) is 0 Å². The van der Waals surface area contributed by atoms with E-state index in [1.165, 1.54) is 0 Å². The van der Waals surface area contributed by atoms with Crippen molar-refractivity contribution in [3.8, 4) is 5.75 Å². The molecule has 2 N–H and O–H groups in total. The fraction of sp³-hybridized carbons (Fsp3) is 0.579. The first-order valence-corrected chi connectivity index (χ1v) is 9.15. The fourth-order valence-electron chi connectivity index (χ4n) is 2.94. The normalized spacial score (nSPS) is 16.2. The Bertz CT molecular complexity index is 621. The van der Waals surface area contributed by atoms with E-state index in [0.717, 1.165) is 24.5 Å². The van der Waals surface area contributed by atoms with Crippen LogP contribution >= 0.6 is 0 Å². The van der Waals surface area contributed by atoms with Crippen LogP contribution in [0.4, 0.5) is 10.5 Å². The Hall–Kier alpha value is -2.28. The molecule has 7 nitrogen and oxygen atoms in total. The van der Waals surface area contributed by atoms with E-state index in [9.17, 15) is 9.59 Å². The molecular formula is C19H30N4O3. The number of nitrogens with zero attached hydrogens (tertiary/aromatic N) is 2. The van der Waals surface area contributed by atoms with Crippen molar-refractivity contribution in [2.45, 2.75) is 26.9 Å². The van der Waals surface area contributed by atoms with E-state index in [4.69, 9.17) is 4.74 Å². The summed E-state index contributed by atoms with van der Waals surface area (Å²) in [5.74, 6) is 0.889. The summed E-state index contributed by atoms with van der Waals surface area (Å²) in [7, 11) is 1.85. The van der Waals surface area contributed by atoms with Gasteiger partial charge in [-0.15, -0.1) is 0 Å². The summed E-state index contributed by atoms with van der Waals surface area (Å²) < 4.78 is 6.07. The summed E-state index contributed by atoms with van der Waals surface area (Å²) in [6.45, 7) is 9.07. The van der Waals surface area contributed by atoms with Crippen LogP contribution in [0.25, 0.3) is 0 Å². The zero-order chi connectivity index (χ0) is 19.1. The first-order chi connectivity index (χ1) is 12.4. The van der Waals surface area contributed by atoms with Crippen molar-refractivity contribution in [2.75, 3.05) is 44.7 Å². The topological polar surface area (TPSA) is 73.9 Å². The molecule has 3 amide bonds. The molecule has 1 atom stereocenters. The Kier molecular flexibility index (Phi) is 7.26. The quantitative estimate of drug-likeness (QED) is 0.772. The number of benzene rings is 1. The minimum atomic E-state index is -0.447. The largest absolute Gasteiger partial charge is 0.485 e. The maximum Gasteiger partial charge on any atom is 0.321 e. The highest BCUT2D eigenvalue weighted by Crippen LogP contribution is 2.32. The van der Waals surface area contributed by atoms with Crippen molar-refractivity contribution in [1.82, 2.24) is 15.5 Å². The number of nitrogens with one attached hydrogen (secondary N) is 2. The summed E-state index contributed by atoms with van der Waals surface area (Å²) in [4.78, 5) is 27.8. The third kappa shape index (κ3) is 5.91. The van der Waals surface area contributed by atoms with Crippen LogP contribution in [0.5, 0.6) is 5.75 Å². The maximum atomic E-state index is 12.0. The highest BCUT2D eigenvalue weighted by molar-refractivity contribution is 5.95. The third-order valence-electron chi connectivity index (χ3n) is 4.16. The van der Waals surface area contributed by atoms with Crippen molar-refractivity contribution in [2.24, 2.45) is 5.92 Å². The zero-order valence-electron chi connectivity index (χ0n) is 16.1. The molecule has 1 aromatic rings. The number of anilines is 1. The van der Waals surface area contributed by atoms with Crippen LogP contribution in [0.2, 0.25) is 0 Å². The Morgan fingerprint density at radius 1 is 1.35 bits per heavy atom. The van der Waals surface area contributed by atoms with Crippen molar-refractivity contribution < 1.29 is 14.3 Å². The van der Waals surface area contributed by atoms with Gasteiger partial charge in [-0.05, 0) is 32.0 Å². The average molecular weight is 362 g/mol. The minimum absolute atomic E-state index is 0.0302. The lowest BCUT2D eigenvalue weighted by Crippen LogP contribution is -2.49. The van der Waals surface area contributed by atoms with Crippen LogP contribution in [0, 0.1) is 5.92 Å². The molecule has 0 aliphatic carbocycles. The molecule has 1 aliphatic rings. The molecule has 7 heteroatoms. The molecular weight excluding hydrogens is 332 g/mol. The molecule has 1 aromatic carbocycles. The summed E-state index contributed by atoms with van der Waals surface area (Å²) in [5.41, 5.74) is 1.11. The van der Waals surface area contributed by atoms with E-state index in [-0.39, 0.29) is 18.6 Å². The lowest BCUT2D eigenvalue weighted by molar-refractivity contribution is -0.121. The molecule has 1 unspecified atom stereocenters. The summed E-state index contributed by atoms with van der Waals surface area (Å²) in [6, 6.07) is 7.54. The number of hydrogen-bond acceptors (Lipinski definition) is 5. The molecule has 144 valence electrons. The van der Waals surface area contributed by atoms with Gasteiger partial charge in [-0.25, -0.2) is 4.79 Å². The Morgan fingerprint density at radius 3 is 2.77 bits per heavy atom. The van der Waals surface area contributed by atoms with Crippen LogP contribution < -0.4 is 20.3 Å². The number of urea groups is 1. The first kappa shape index (κ1) is 20.0. The molecule has 1 heterocycles. The standard InChI is InChI=1S/C19H30N4O3/c1-5-23-12-15(26-17-9-7-6-8-16(17)23)11-22(4)13-18(24)21-19(25)20-10-14(2)3/h6-9,14-15H,5,10-13H2,1-4H3,(H2,20,21,24,25). The summed E-state index contributed by atoms with van der Waals surface area (Å²) in [6.07, 6.45) is -0.0302. The fourth-order valence-corrected chi connectivity index (χ4v) is 2.94. The van der Waals surface area contributed by atoms with Crippen LogP contribution in [0.3, 0.4) is 0 Å². The minimum Gasteiger partial charge on any atom is -0.485 e. The molecule has 0 fully saturated rings. The Labute approximate surface area is 155 Å². The molecule has 0 bridgehead atoms. The molecule has 1 aliphatic heterocycles. The van der Waals surface area contributed by atoms with Crippen molar-refractivity contribution >= 4 is 17.6 Å². The number of imide groups is 1. The Morgan fingerprint density at radius 2 is 2.08 bits per heavy atom. The second kappa shape index (κ2) is 9.43. The molecule has 0 aromatic heterocycles. The van der Waals surface area contributed by atoms with Gasteiger partial charge in [0.1, 0.15) is 11.9 Å². The van der Waals surface area contributed by atoms with Gasteiger partial charge in [-0.3, -0.25) is 15.0 Å². The van der Waals surface area contributed by atoms with E-state index in [2.05, 4.69) is 28.5 Å². The first-order valence-electron chi connectivity index (χ1n) is 9.15. The van der Waals surface area contributed by atoms with Crippen LogP contribution in [0.15, 0.2) is 24.3 Å². The van der Waals surface area contributed by atoms with Gasteiger partial charge in [0, 0.05) is 19.6 Å². The molecule has 26 heavy (non-hydrogen) atoms. The number of likely N-dealkylation sites (N-methyl/N-ethyl adjacent to an activating group) is 2. The van der Waals surface area contributed by atoms with Crippen molar-refractivity contribution in [1.29, 1.82) is 0 Å². The summed E-state index contributed by atoms with van der Waals surface area (Å²) >= 11 is 0. The molecule has 0 radical (unpaired) electrons. The third-order valence-corrected chi connectivity index (χ3v) is 4.16. The monoisotopic (exact) mass is 362 g/mol. The maximum absolute atomic E-state index is 12.0. The smallest absolute Gasteiger partial charge is 0.321 e. The number of carbonyl (C=O) groups excluding carboxylic acids is 2. The van der Waals surface area contributed by atoms with Gasteiger partial charge in [0.15, 0.2) is 0 Å². The zero-order valence-corrected chi connectivity index (χ0v) is 16.1.